The highest BCUT2D eigenvalue weighted by Crippen LogP contribution is 2.29. The van der Waals surface area contributed by atoms with E-state index in [2.05, 4.69) is 165 Å². The molecule has 2 aliphatic rings. The lowest BCUT2D eigenvalue weighted by Crippen LogP contribution is -2.22. The molecule has 0 atom stereocenters. The maximum atomic E-state index is 9.96. The maximum absolute atomic E-state index is 9.96. The van der Waals surface area contributed by atoms with Gasteiger partial charge in [-0.25, -0.2) is 0 Å². The van der Waals surface area contributed by atoms with Crippen LogP contribution < -0.4 is 10.2 Å². The van der Waals surface area contributed by atoms with Gasteiger partial charge in [-0.15, -0.1) is 0 Å². The Morgan fingerprint density at radius 2 is 1.37 bits per heavy atom. The summed E-state index contributed by atoms with van der Waals surface area (Å²) in [6.45, 7) is 9.49. The van der Waals surface area contributed by atoms with Crippen LogP contribution in [-0.2, 0) is 6.54 Å². The van der Waals surface area contributed by atoms with Crippen molar-refractivity contribution in [2.24, 2.45) is 0 Å². The summed E-state index contributed by atoms with van der Waals surface area (Å²) in [5.41, 5.74) is 11.6. The molecule has 3 aromatic rings. The van der Waals surface area contributed by atoms with Crippen molar-refractivity contribution in [3.63, 3.8) is 0 Å². The zero-order chi connectivity index (χ0) is 30.2. The van der Waals surface area contributed by atoms with Gasteiger partial charge in [0, 0.05) is 42.2 Å². The average Bonchev–Trinajstić information content (AvgIpc) is 3.41. The standard InChI is InChI=1S/C22H23N.C15H17N.CH3F/c1-18-14-15-22(19(2)16-18)23(17-20-10-6-5-7-11-20)21-12-8-3-4-9-13-21;1-12-9-10-15(13(2)11-12)16-14-7-5-3-4-6-8-14;1-2/h3-12,14-16H,13,17H2,1-2H3;3-7,9-11,16H,8H2,1-2H3;1H3/i;;1D. The smallest absolute Gasteiger partial charge is 0.0785 e. The predicted molar refractivity (Wildman–Crippen MR) is 177 cm³/mol. The lowest BCUT2D eigenvalue weighted by molar-refractivity contribution is 0.636. The summed E-state index contributed by atoms with van der Waals surface area (Å²) < 4.78 is 15.5. The number of alkyl halides is 1. The number of nitrogens with one attached hydrogen (secondary N) is 1. The molecule has 0 spiro atoms. The minimum Gasteiger partial charge on any atom is -0.358 e. The molecule has 0 aromatic heterocycles. The molecule has 3 aromatic carbocycles. The van der Waals surface area contributed by atoms with Crippen LogP contribution in [0, 0.1) is 27.7 Å². The number of aryl methyl sites for hydroxylation is 4. The van der Waals surface area contributed by atoms with E-state index in [9.17, 15) is 4.39 Å². The number of nitrogens with zero attached hydrogens (tertiary/aromatic N) is 1. The predicted octanol–water partition coefficient (Wildman–Crippen LogP) is 10.4. The molecule has 0 amide bonds. The first-order valence-electron chi connectivity index (χ1n) is 14.7. The van der Waals surface area contributed by atoms with Gasteiger partial charge in [-0.3, -0.25) is 4.39 Å². The molecule has 0 saturated heterocycles. The summed E-state index contributed by atoms with van der Waals surface area (Å²) in [5.74, 6) is 0. The zero-order valence-corrected chi connectivity index (χ0v) is 24.8. The highest BCUT2D eigenvalue weighted by Gasteiger charge is 2.14. The fourth-order valence-electron chi connectivity index (χ4n) is 4.78. The van der Waals surface area contributed by atoms with Gasteiger partial charge in [-0.05, 0) is 68.7 Å². The Bertz CT molecular complexity index is 1460. The van der Waals surface area contributed by atoms with Gasteiger partial charge in [-0.1, -0.05) is 114 Å². The van der Waals surface area contributed by atoms with Gasteiger partial charge in [0.15, 0.2) is 0 Å². The molecular weight excluding hydrogens is 503 g/mol. The van der Waals surface area contributed by atoms with Gasteiger partial charge in [0.1, 0.15) is 0 Å². The van der Waals surface area contributed by atoms with E-state index in [1.54, 1.807) is 0 Å². The molecule has 3 heteroatoms. The second kappa shape index (κ2) is 16.7. The van der Waals surface area contributed by atoms with Crippen molar-refractivity contribution in [3.8, 4) is 0 Å². The lowest BCUT2D eigenvalue weighted by atomic mass is 10.1. The van der Waals surface area contributed by atoms with Crippen LogP contribution in [0.25, 0.3) is 0 Å². The van der Waals surface area contributed by atoms with E-state index < -0.39 is 7.15 Å². The Morgan fingerprint density at radius 3 is 2.05 bits per heavy atom. The van der Waals surface area contributed by atoms with Gasteiger partial charge in [0.05, 0.1) is 8.52 Å². The molecule has 2 aliphatic carbocycles. The van der Waals surface area contributed by atoms with Crippen molar-refractivity contribution in [2.75, 3.05) is 17.4 Å². The highest BCUT2D eigenvalue weighted by molar-refractivity contribution is 5.60. The SMILES string of the molecule is Cc1ccc(N(Cc2ccccc2)C2=CC=CC=CC2)c(C)c1.Cc1ccc(NC2=CC=CC=CC2)c(C)c1.[2H]CF. The van der Waals surface area contributed by atoms with E-state index in [1.807, 2.05) is 0 Å². The monoisotopic (exact) mass is 547 g/mol. The van der Waals surface area contributed by atoms with Crippen LogP contribution in [0.3, 0.4) is 0 Å². The van der Waals surface area contributed by atoms with Crippen LogP contribution in [0.5, 0.6) is 0 Å². The Balaban J connectivity index is 0.000000222. The lowest BCUT2D eigenvalue weighted by Gasteiger charge is -2.29. The van der Waals surface area contributed by atoms with E-state index in [4.69, 9.17) is 1.37 Å². The molecule has 0 radical (unpaired) electrons. The van der Waals surface area contributed by atoms with Crippen molar-refractivity contribution in [1.29, 1.82) is 0 Å². The molecular formula is C38H43FN2. The van der Waals surface area contributed by atoms with Crippen molar-refractivity contribution in [2.45, 2.75) is 47.1 Å². The van der Waals surface area contributed by atoms with E-state index in [0.29, 0.717) is 0 Å². The van der Waals surface area contributed by atoms with Crippen LogP contribution in [0.15, 0.2) is 139 Å². The number of anilines is 2. The first kappa shape index (κ1) is 29.6. The summed E-state index contributed by atoms with van der Waals surface area (Å²) in [5, 5.41) is 3.47. The normalized spacial score (nSPS) is 13.7. The number of hydrogen-bond donors (Lipinski definition) is 1. The summed E-state index contributed by atoms with van der Waals surface area (Å²) in [4.78, 5) is 2.43. The third-order valence-corrected chi connectivity index (χ3v) is 6.82. The number of hydrogen-bond acceptors (Lipinski definition) is 2. The number of allylic oxidation sites excluding steroid dienone is 10. The van der Waals surface area contributed by atoms with Gasteiger partial charge in [-0.2, -0.15) is 0 Å². The van der Waals surface area contributed by atoms with Crippen LogP contribution in [-0.4, -0.2) is 7.15 Å². The van der Waals surface area contributed by atoms with Crippen LogP contribution >= 0.6 is 0 Å². The van der Waals surface area contributed by atoms with E-state index in [0.717, 1.165) is 19.4 Å². The van der Waals surface area contributed by atoms with Crippen LogP contribution in [0.4, 0.5) is 15.8 Å². The Morgan fingerprint density at radius 1 is 0.732 bits per heavy atom. The first-order chi connectivity index (χ1) is 20.4. The van der Waals surface area contributed by atoms with Crippen molar-refractivity contribution < 1.29 is 5.76 Å². The Labute approximate surface area is 248 Å². The summed E-state index contributed by atoms with van der Waals surface area (Å²) in [6.07, 6.45) is 23.2. The maximum Gasteiger partial charge on any atom is 0.0785 e. The van der Waals surface area contributed by atoms with Crippen molar-refractivity contribution in [3.05, 3.63) is 167 Å². The number of rotatable bonds is 6. The quantitative estimate of drug-likeness (QED) is 0.330. The number of benzene rings is 3. The van der Waals surface area contributed by atoms with E-state index >= 15 is 0 Å². The van der Waals surface area contributed by atoms with Gasteiger partial charge < -0.3 is 10.2 Å². The molecule has 2 nitrogen and oxygen atoms in total. The Hall–Kier alpha value is -4.37. The summed E-state index contributed by atoms with van der Waals surface area (Å²) in [6, 6.07) is 23.9. The minimum absolute atomic E-state index is 0.887. The van der Waals surface area contributed by atoms with Gasteiger partial charge in [0.2, 0.25) is 0 Å². The van der Waals surface area contributed by atoms with E-state index in [-0.39, 0.29) is 0 Å². The van der Waals surface area contributed by atoms with Crippen LogP contribution in [0.2, 0.25) is 0 Å². The average molecular weight is 548 g/mol. The molecule has 0 aliphatic heterocycles. The third-order valence-electron chi connectivity index (χ3n) is 6.82. The summed E-state index contributed by atoms with van der Waals surface area (Å²) in [7, 11) is -1.00. The fraction of sp³-hybridized carbons (Fsp3) is 0.211. The molecule has 0 heterocycles. The summed E-state index contributed by atoms with van der Waals surface area (Å²) >= 11 is 0. The molecule has 5 rings (SSSR count). The zero-order valence-electron chi connectivity index (χ0n) is 25.8. The molecule has 0 bridgehead atoms. The largest absolute Gasteiger partial charge is 0.358 e. The van der Waals surface area contributed by atoms with E-state index in [1.165, 1.54) is 50.6 Å². The van der Waals surface area contributed by atoms with Crippen molar-refractivity contribution >= 4 is 11.4 Å². The molecule has 41 heavy (non-hydrogen) atoms. The topological polar surface area (TPSA) is 15.3 Å². The van der Waals surface area contributed by atoms with Gasteiger partial charge in [0.25, 0.3) is 0 Å². The first-order valence-corrected chi connectivity index (χ1v) is 14.0. The third kappa shape index (κ3) is 9.95. The highest BCUT2D eigenvalue weighted by atomic mass is 19.1. The molecule has 212 valence electrons. The number of halogens is 1. The molecule has 0 unspecified atom stereocenters. The van der Waals surface area contributed by atoms with Crippen LogP contribution in [0.1, 0.15) is 42.0 Å². The molecule has 0 saturated carbocycles. The fourth-order valence-corrected chi connectivity index (χ4v) is 4.78. The second-order valence-electron chi connectivity index (χ2n) is 10.2. The van der Waals surface area contributed by atoms with Gasteiger partial charge >= 0.3 is 0 Å². The second-order valence-corrected chi connectivity index (χ2v) is 10.2. The molecule has 1 N–H and O–H groups in total. The Kier molecular flexibility index (Phi) is 12.0. The molecule has 0 fully saturated rings. The van der Waals surface area contributed by atoms with Crippen molar-refractivity contribution in [1.82, 2.24) is 0 Å². The minimum atomic E-state index is -1.00.